The van der Waals surface area contributed by atoms with Crippen molar-refractivity contribution in [3.8, 4) is 16.9 Å². The Balaban J connectivity index is 2.22. The van der Waals surface area contributed by atoms with Crippen LogP contribution in [0, 0.1) is 0 Å². The smallest absolute Gasteiger partial charge is 0.123 e. The van der Waals surface area contributed by atoms with E-state index >= 15 is 0 Å². The van der Waals surface area contributed by atoms with Gasteiger partial charge in [-0.3, -0.25) is 0 Å². The first-order valence-corrected chi connectivity index (χ1v) is 5.84. The Hall–Kier alpha value is -1.87. The molecule has 0 amide bonds. The predicted octanol–water partition coefficient (Wildman–Crippen LogP) is 3.67. The maximum atomic E-state index is 9.77. The summed E-state index contributed by atoms with van der Waals surface area (Å²) in [6, 6.07) is 13.4. The molecule has 2 aromatic carbocycles. The summed E-state index contributed by atoms with van der Waals surface area (Å²) in [5, 5.41) is 9.77. The molecule has 3 aromatic rings. The molecule has 1 aromatic heterocycles. The normalized spacial score (nSPS) is 10.8. The van der Waals surface area contributed by atoms with Crippen LogP contribution >= 0.6 is 11.3 Å². The Morgan fingerprint density at radius 3 is 2.81 bits per heavy atom. The molecule has 0 fully saturated rings. The van der Waals surface area contributed by atoms with E-state index in [-0.39, 0.29) is 0 Å². The standard InChI is InChI=1S/C13H9NOS/c15-12-4-2-1-3-10(12)9-5-6-11-13(7-9)16-8-14-11/h1-8,15H. The van der Waals surface area contributed by atoms with Gasteiger partial charge in [0.15, 0.2) is 0 Å². The first-order chi connectivity index (χ1) is 7.84. The Kier molecular flexibility index (Phi) is 2.11. The minimum absolute atomic E-state index is 0.311. The molecule has 0 saturated carbocycles. The SMILES string of the molecule is Oc1ccccc1-c1ccc2ncsc2c1. The summed E-state index contributed by atoms with van der Waals surface area (Å²) in [5.74, 6) is 0.311. The fraction of sp³-hybridized carbons (Fsp3) is 0. The average Bonchev–Trinajstić information content (AvgIpc) is 2.76. The molecular formula is C13H9NOS. The molecule has 0 bridgehead atoms. The second-order valence-corrected chi connectivity index (χ2v) is 4.44. The molecule has 0 radical (unpaired) electrons. The number of phenolic OH excluding ortho intramolecular Hbond substituents is 1. The van der Waals surface area contributed by atoms with E-state index in [1.165, 1.54) is 0 Å². The highest BCUT2D eigenvalue weighted by Gasteiger charge is 2.04. The number of rotatable bonds is 1. The van der Waals surface area contributed by atoms with Crippen molar-refractivity contribution in [1.29, 1.82) is 0 Å². The predicted molar refractivity (Wildman–Crippen MR) is 66.7 cm³/mol. The van der Waals surface area contributed by atoms with Gasteiger partial charge in [0.1, 0.15) is 5.75 Å². The van der Waals surface area contributed by atoms with Gasteiger partial charge in [-0.15, -0.1) is 11.3 Å². The lowest BCUT2D eigenvalue weighted by Crippen LogP contribution is -1.78. The molecule has 1 heterocycles. The number of phenols is 1. The fourth-order valence-electron chi connectivity index (χ4n) is 1.74. The van der Waals surface area contributed by atoms with Crippen molar-refractivity contribution in [2.45, 2.75) is 0 Å². The zero-order chi connectivity index (χ0) is 11.0. The Morgan fingerprint density at radius 1 is 1.06 bits per heavy atom. The van der Waals surface area contributed by atoms with Gasteiger partial charge in [0.25, 0.3) is 0 Å². The van der Waals surface area contributed by atoms with Gasteiger partial charge in [0.05, 0.1) is 15.7 Å². The first-order valence-electron chi connectivity index (χ1n) is 4.96. The molecule has 2 nitrogen and oxygen atoms in total. The molecular weight excluding hydrogens is 218 g/mol. The lowest BCUT2D eigenvalue weighted by atomic mass is 10.0. The van der Waals surface area contributed by atoms with Crippen molar-refractivity contribution in [2.75, 3.05) is 0 Å². The third-order valence-electron chi connectivity index (χ3n) is 2.55. The molecule has 16 heavy (non-hydrogen) atoms. The number of para-hydroxylation sites is 1. The van der Waals surface area contributed by atoms with Gasteiger partial charge < -0.3 is 5.11 Å². The molecule has 0 saturated heterocycles. The zero-order valence-electron chi connectivity index (χ0n) is 8.42. The van der Waals surface area contributed by atoms with Crippen molar-refractivity contribution < 1.29 is 5.11 Å². The summed E-state index contributed by atoms with van der Waals surface area (Å²) in [5.41, 5.74) is 4.72. The Bertz CT molecular complexity index is 645. The lowest BCUT2D eigenvalue weighted by molar-refractivity contribution is 0.477. The highest BCUT2D eigenvalue weighted by Crippen LogP contribution is 2.31. The van der Waals surface area contributed by atoms with Gasteiger partial charge in [0.2, 0.25) is 0 Å². The summed E-state index contributed by atoms with van der Waals surface area (Å²) < 4.78 is 1.14. The van der Waals surface area contributed by atoms with Gasteiger partial charge in [0, 0.05) is 5.56 Å². The number of benzene rings is 2. The number of fused-ring (bicyclic) bond motifs is 1. The maximum Gasteiger partial charge on any atom is 0.123 e. The third kappa shape index (κ3) is 1.46. The number of thiazole rings is 1. The molecule has 0 unspecified atom stereocenters. The van der Waals surface area contributed by atoms with Crippen molar-refractivity contribution in [3.63, 3.8) is 0 Å². The second kappa shape index (κ2) is 3.61. The summed E-state index contributed by atoms with van der Waals surface area (Å²) in [6.07, 6.45) is 0. The first kappa shape index (κ1) is 9.36. The highest BCUT2D eigenvalue weighted by molar-refractivity contribution is 7.16. The fourth-order valence-corrected chi connectivity index (χ4v) is 2.46. The zero-order valence-corrected chi connectivity index (χ0v) is 9.24. The molecule has 0 atom stereocenters. The van der Waals surface area contributed by atoms with Crippen LogP contribution in [0.1, 0.15) is 0 Å². The van der Waals surface area contributed by atoms with Gasteiger partial charge in [-0.2, -0.15) is 0 Å². The number of aromatic nitrogens is 1. The summed E-state index contributed by atoms with van der Waals surface area (Å²) in [6.45, 7) is 0. The van der Waals surface area contributed by atoms with Gasteiger partial charge in [-0.25, -0.2) is 4.98 Å². The third-order valence-corrected chi connectivity index (χ3v) is 3.34. The van der Waals surface area contributed by atoms with Crippen LogP contribution in [0.4, 0.5) is 0 Å². The quantitative estimate of drug-likeness (QED) is 0.688. The summed E-state index contributed by atoms with van der Waals surface area (Å²) in [4.78, 5) is 4.23. The van der Waals surface area contributed by atoms with Gasteiger partial charge >= 0.3 is 0 Å². The van der Waals surface area contributed by atoms with Crippen LogP contribution in [0.3, 0.4) is 0 Å². The van der Waals surface area contributed by atoms with Gasteiger partial charge in [-0.1, -0.05) is 24.3 Å². The van der Waals surface area contributed by atoms with Crippen molar-refractivity contribution >= 4 is 21.6 Å². The minimum Gasteiger partial charge on any atom is -0.507 e. The summed E-state index contributed by atoms with van der Waals surface area (Å²) in [7, 11) is 0. The molecule has 0 aliphatic carbocycles. The van der Waals surface area contributed by atoms with E-state index in [0.717, 1.165) is 21.3 Å². The summed E-state index contributed by atoms with van der Waals surface area (Å²) >= 11 is 1.61. The van der Waals surface area contributed by atoms with E-state index in [4.69, 9.17) is 0 Å². The monoisotopic (exact) mass is 227 g/mol. The molecule has 3 heteroatoms. The molecule has 78 valence electrons. The van der Waals surface area contributed by atoms with E-state index in [1.807, 2.05) is 35.8 Å². The van der Waals surface area contributed by atoms with E-state index in [2.05, 4.69) is 11.1 Å². The highest BCUT2D eigenvalue weighted by atomic mass is 32.1. The molecule has 0 spiro atoms. The topological polar surface area (TPSA) is 33.1 Å². The van der Waals surface area contributed by atoms with Crippen LogP contribution in [-0.2, 0) is 0 Å². The van der Waals surface area contributed by atoms with Crippen LogP contribution in [0.2, 0.25) is 0 Å². The minimum atomic E-state index is 0.311. The average molecular weight is 227 g/mol. The largest absolute Gasteiger partial charge is 0.507 e. The van der Waals surface area contributed by atoms with Crippen LogP contribution in [0.25, 0.3) is 21.3 Å². The number of hydrogen-bond donors (Lipinski definition) is 1. The van der Waals surface area contributed by atoms with E-state index < -0.39 is 0 Å². The number of hydrogen-bond acceptors (Lipinski definition) is 3. The molecule has 3 rings (SSSR count). The second-order valence-electron chi connectivity index (χ2n) is 3.55. The van der Waals surface area contributed by atoms with Crippen LogP contribution < -0.4 is 0 Å². The molecule has 1 N–H and O–H groups in total. The Morgan fingerprint density at radius 2 is 1.94 bits per heavy atom. The van der Waals surface area contributed by atoms with Crippen LogP contribution in [0.15, 0.2) is 48.0 Å². The number of nitrogens with zero attached hydrogens (tertiary/aromatic N) is 1. The maximum absolute atomic E-state index is 9.77. The van der Waals surface area contributed by atoms with Crippen LogP contribution in [-0.4, -0.2) is 10.1 Å². The van der Waals surface area contributed by atoms with Crippen molar-refractivity contribution in [3.05, 3.63) is 48.0 Å². The lowest BCUT2D eigenvalue weighted by Gasteiger charge is -2.03. The Labute approximate surface area is 96.8 Å². The van der Waals surface area contributed by atoms with Crippen LogP contribution in [0.5, 0.6) is 5.75 Å². The van der Waals surface area contributed by atoms with Crippen molar-refractivity contribution in [1.82, 2.24) is 4.98 Å². The number of aromatic hydroxyl groups is 1. The van der Waals surface area contributed by atoms with E-state index in [1.54, 1.807) is 17.4 Å². The van der Waals surface area contributed by atoms with E-state index in [0.29, 0.717) is 5.75 Å². The van der Waals surface area contributed by atoms with Crippen molar-refractivity contribution in [2.24, 2.45) is 0 Å². The van der Waals surface area contributed by atoms with Gasteiger partial charge in [-0.05, 0) is 23.8 Å². The van der Waals surface area contributed by atoms with E-state index in [9.17, 15) is 5.11 Å². The molecule has 0 aliphatic rings. The molecule has 0 aliphatic heterocycles.